The largest absolute Gasteiger partial charge is 0.370 e. The topological polar surface area (TPSA) is 75.4 Å². The zero-order valence-electron chi connectivity index (χ0n) is 12.2. The van der Waals surface area contributed by atoms with Crippen LogP contribution < -0.4 is 15.4 Å². The molecule has 2 fully saturated rings. The highest BCUT2D eigenvalue weighted by Gasteiger charge is 2.26. The van der Waals surface area contributed by atoms with E-state index < -0.39 is 10.0 Å². The molecule has 21 heavy (non-hydrogen) atoms. The van der Waals surface area contributed by atoms with Gasteiger partial charge in [-0.2, -0.15) is 0 Å². The molecule has 116 valence electrons. The summed E-state index contributed by atoms with van der Waals surface area (Å²) in [5.41, 5.74) is 0.744. The van der Waals surface area contributed by atoms with Gasteiger partial charge in [-0.25, -0.2) is 13.6 Å². The first-order valence-corrected chi connectivity index (χ1v) is 9.19. The van der Waals surface area contributed by atoms with E-state index in [4.69, 9.17) is 5.14 Å². The summed E-state index contributed by atoms with van der Waals surface area (Å²) < 4.78 is 23.4. The number of nitrogens with two attached hydrogens (primary N) is 1. The second-order valence-electron chi connectivity index (χ2n) is 6.13. The first-order chi connectivity index (χ1) is 10.0. The molecule has 6 heteroatoms. The minimum Gasteiger partial charge on any atom is -0.370 e. The van der Waals surface area contributed by atoms with Gasteiger partial charge in [0.2, 0.25) is 10.0 Å². The Morgan fingerprint density at radius 1 is 1.14 bits per heavy atom. The van der Waals surface area contributed by atoms with E-state index in [2.05, 4.69) is 10.2 Å². The third-order valence-corrected chi connectivity index (χ3v) is 5.36. The molecular formula is C15H23N3O2S. The smallest absolute Gasteiger partial charge is 0.240 e. The Hall–Kier alpha value is -1.11. The second-order valence-corrected chi connectivity index (χ2v) is 7.66. The number of para-hydroxylation sites is 1. The number of benzene rings is 1. The van der Waals surface area contributed by atoms with Gasteiger partial charge in [0, 0.05) is 19.1 Å². The van der Waals surface area contributed by atoms with Crippen molar-refractivity contribution < 1.29 is 8.42 Å². The van der Waals surface area contributed by atoms with Gasteiger partial charge in [-0.05, 0) is 50.3 Å². The molecule has 1 saturated heterocycles. The number of primary sulfonamides is 1. The summed E-state index contributed by atoms with van der Waals surface area (Å²) >= 11 is 0. The molecule has 0 aromatic heterocycles. The Bertz CT molecular complexity index is 591. The highest BCUT2D eigenvalue weighted by atomic mass is 32.2. The molecule has 1 aromatic carbocycles. The van der Waals surface area contributed by atoms with Crippen LogP contribution in [0.2, 0.25) is 0 Å². The van der Waals surface area contributed by atoms with Crippen LogP contribution in [0.4, 0.5) is 5.69 Å². The van der Waals surface area contributed by atoms with Crippen LogP contribution in [0.1, 0.15) is 25.7 Å². The first-order valence-electron chi connectivity index (χ1n) is 7.64. The fraction of sp³-hybridized carbons (Fsp3) is 0.600. The van der Waals surface area contributed by atoms with Crippen LogP contribution in [0.25, 0.3) is 0 Å². The summed E-state index contributed by atoms with van der Waals surface area (Å²) in [6.07, 6.45) is 4.83. The number of sulfonamides is 1. The van der Waals surface area contributed by atoms with Crippen molar-refractivity contribution in [2.24, 2.45) is 11.1 Å². The first kappa shape index (κ1) is 14.8. The second kappa shape index (κ2) is 5.94. The Labute approximate surface area is 126 Å². The SMILES string of the molecule is NS(=O)(=O)c1ccccc1N1CCC(CNC2CC2)CC1. The lowest BCUT2D eigenvalue weighted by Gasteiger charge is -2.34. The van der Waals surface area contributed by atoms with Gasteiger partial charge in [0.1, 0.15) is 4.90 Å². The molecular weight excluding hydrogens is 286 g/mol. The number of rotatable bonds is 5. The summed E-state index contributed by atoms with van der Waals surface area (Å²) in [5, 5.41) is 8.90. The van der Waals surface area contributed by atoms with Crippen LogP contribution in [-0.2, 0) is 10.0 Å². The zero-order valence-corrected chi connectivity index (χ0v) is 13.0. The number of anilines is 1. The molecule has 1 heterocycles. The number of hydrogen-bond donors (Lipinski definition) is 2. The van der Waals surface area contributed by atoms with Crippen LogP contribution in [0.3, 0.4) is 0 Å². The minimum absolute atomic E-state index is 0.236. The van der Waals surface area contributed by atoms with Gasteiger partial charge < -0.3 is 10.2 Å². The molecule has 0 spiro atoms. The van der Waals surface area contributed by atoms with Gasteiger partial charge in [-0.1, -0.05) is 12.1 Å². The van der Waals surface area contributed by atoms with Gasteiger partial charge in [0.15, 0.2) is 0 Å². The molecule has 1 saturated carbocycles. The van der Waals surface area contributed by atoms with Crippen LogP contribution in [0.5, 0.6) is 0 Å². The van der Waals surface area contributed by atoms with E-state index in [1.165, 1.54) is 12.8 Å². The number of nitrogens with zero attached hydrogens (tertiary/aromatic N) is 1. The quantitative estimate of drug-likeness (QED) is 0.860. The Kier molecular flexibility index (Phi) is 4.19. The fourth-order valence-electron chi connectivity index (χ4n) is 2.96. The lowest BCUT2D eigenvalue weighted by molar-refractivity contribution is 0.381. The normalized spacial score (nSPS) is 20.7. The summed E-state index contributed by atoms with van der Waals surface area (Å²) in [5.74, 6) is 0.698. The molecule has 0 radical (unpaired) electrons. The predicted octanol–water partition coefficient (Wildman–Crippen LogP) is 1.30. The lowest BCUT2D eigenvalue weighted by Crippen LogP contribution is -2.38. The van der Waals surface area contributed by atoms with Crippen molar-refractivity contribution in [1.29, 1.82) is 0 Å². The molecule has 0 amide bonds. The maximum absolute atomic E-state index is 11.7. The molecule has 0 atom stereocenters. The molecule has 5 nitrogen and oxygen atoms in total. The third-order valence-electron chi connectivity index (χ3n) is 4.40. The van der Waals surface area contributed by atoms with Crippen molar-refractivity contribution in [3.05, 3.63) is 24.3 Å². The maximum Gasteiger partial charge on any atom is 0.240 e. The molecule has 1 aromatic rings. The molecule has 3 N–H and O–H groups in total. The van der Waals surface area contributed by atoms with Crippen molar-refractivity contribution in [2.45, 2.75) is 36.6 Å². The third kappa shape index (κ3) is 3.75. The Morgan fingerprint density at radius 3 is 2.43 bits per heavy atom. The minimum atomic E-state index is -3.66. The van der Waals surface area contributed by atoms with Gasteiger partial charge in [-0.3, -0.25) is 0 Å². The molecule has 1 aliphatic carbocycles. The lowest BCUT2D eigenvalue weighted by atomic mass is 9.96. The average molecular weight is 309 g/mol. The van der Waals surface area contributed by atoms with E-state index in [1.807, 2.05) is 12.1 Å². The number of nitrogens with one attached hydrogen (secondary N) is 1. The van der Waals surface area contributed by atoms with Crippen molar-refractivity contribution in [2.75, 3.05) is 24.5 Å². The van der Waals surface area contributed by atoms with Crippen molar-refractivity contribution in [1.82, 2.24) is 5.32 Å². The van der Waals surface area contributed by atoms with E-state index in [0.717, 1.165) is 44.2 Å². The van der Waals surface area contributed by atoms with Crippen LogP contribution in [0, 0.1) is 5.92 Å². The summed E-state index contributed by atoms with van der Waals surface area (Å²) in [4.78, 5) is 2.38. The molecule has 0 unspecified atom stereocenters. The predicted molar refractivity (Wildman–Crippen MR) is 83.8 cm³/mol. The molecule has 1 aliphatic heterocycles. The van der Waals surface area contributed by atoms with Crippen LogP contribution >= 0.6 is 0 Å². The van der Waals surface area contributed by atoms with Crippen molar-refractivity contribution in [3.8, 4) is 0 Å². The average Bonchev–Trinajstić information content (AvgIpc) is 3.29. The number of piperidine rings is 1. The van der Waals surface area contributed by atoms with E-state index in [-0.39, 0.29) is 4.90 Å². The fourth-order valence-corrected chi connectivity index (χ4v) is 3.71. The number of hydrogen-bond acceptors (Lipinski definition) is 4. The van der Waals surface area contributed by atoms with Crippen LogP contribution in [-0.4, -0.2) is 34.1 Å². The molecule has 2 aliphatic rings. The van der Waals surface area contributed by atoms with E-state index in [1.54, 1.807) is 12.1 Å². The van der Waals surface area contributed by atoms with Gasteiger partial charge >= 0.3 is 0 Å². The summed E-state index contributed by atoms with van der Waals surface area (Å²) in [7, 11) is -3.66. The van der Waals surface area contributed by atoms with E-state index in [0.29, 0.717) is 5.92 Å². The van der Waals surface area contributed by atoms with Crippen molar-refractivity contribution in [3.63, 3.8) is 0 Å². The maximum atomic E-state index is 11.7. The van der Waals surface area contributed by atoms with E-state index >= 15 is 0 Å². The summed E-state index contributed by atoms with van der Waals surface area (Å²) in [6.45, 7) is 2.88. The highest BCUT2D eigenvalue weighted by Crippen LogP contribution is 2.29. The monoisotopic (exact) mass is 309 g/mol. The van der Waals surface area contributed by atoms with Gasteiger partial charge in [0.25, 0.3) is 0 Å². The molecule has 3 rings (SSSR count). The van der Waals surface area contributed by atoms with Gasteiger partial charge in [-0.15, -0.1) is 0 Å². The molecule has 0 bridgehead atoms. The highest BCUT2D eigenvalue weighted by molar-refractivity contribution is 7.89. The summed E-state index contributed by atoms with van der Waals surface area (Å²) in [6, 6.07) is 7.78. The van der Waals surface area contributed by atoms with Gasteiger partial charge in [0.05, 0.1) is 5.69 Å². The Balaban J connectivity index is 1.64. The van der Waals surface area contributed by atoms with E-state index in [9.17, 15) is 8.42 Å². The van der Waals surface area contributed by atoms with Crippen molar-refractivity contribution >= 4 is 15.7 Å². The Morgan fingerprint density at radius 2 is 1.81 bits per heavy atom. The zero-order chi connectivity index (χ0) is 14.9. The standard InChI is InChI=1S/C15H23N3O2S/c16-21(19,20)15-4-2-1-3-14(15)18-9-7-12(8-10-18)11-17-13-5-6-13/h1-4,12-13,17H,5-11H2,(H2,16,19,20). The van der Waals surface area contributed by atoms with Crippen LogP contribution in [0.15, 0.2) is 29.2 Å².